The van der Waals surface area contributed by atoms with Crippen LogP contribution in [0.5, 0.6) is 0 Å². The first kappa shape index (κ1) is 20.5. The number of nitrogens with zero attached hydrogens (tertiary/aromatic N) is 3. The number of anilines is 1. The Balaban J connectivity index is 1.42. The van der Waals surface area contributed by atoms with Crippen molar-refractivity contribution in [3.8, 4) is 0 Å². The fourth-order valence-corrected chi connectivity index (χ4v) is 4.96. The van der Waals surface area contributed by atoms with Gasteiger partial charge in [-0.25, -0.2) is 15.0 Å². The fourth-order valence-electron chi connectivity index (χ4n) is 3.25. The van der Waals surface area contributed by atoms with Gasteiger partial charge in [-0.3, -0.25) is 4.79 Å². The van der Waals surface area contributed by atoms with Gasteiger partial charge in [0.05, 0.1) is 5.25 Å². The lowest BCUT2D eigenvalue weighted by atomic mass is 10.0. The molecule has 7 heteroatoms. The van der Waals surface area contributed by atoms with Gasteiger partial charge >= 0.3 is 0 Å². The van der Waals surface area contributed by atoms with Crippen LogP contribution < -0.4 is 5.32 Å². The third kappa shape index (κ3) is 4.86. The third-order valence-corrected chi connectivity index (χ3v) is 6.52. The van der Waals surface area contributed by atoms with Crippen molar-refractivity contribution in [2.45, 2.75) is 37.6 Å². The maximum atomic E-state index is 12.6. The Hall–Kier alpha value is -2.77. The van der Waals surface area contributed by atoms with E-state index in [0.717, 1.165) is 22.7 Å². The molecule has 152 valence electrons. The summed E-state index contributed by atoms with van der Waals surface area (Å²) in [5.74, 6) is -0.103. The smallest absolute Gasteiger partial charge is 0.239 e. The van der Waals surface area contributed by atoms with Crippen LogP contribution in [-0.2, 0) is 11.2 Å². The molecule has 1 unspecified atom stereocenters. The first-order valence-electron chi connectivity index (χ1n) is 9.69. The average Bonchev–Trinajstić information content (AvgIpc) is 3.14. The van der Waals surface area contributed by atoms with Crippen molar-refractivity contribution in [2.75, 3.05) is 5.32 Å². The molecule has 0 aliphatic carbocycles. The molecule has 4 aromatic rings. The second-order valence-corrected chi connectivity index (χ2v) is 9.55. The first-order chi connectivity index (χ1) is 14.5. The predicted molar refractivity (Wildman–Crippen MR) is 124 cm³/mol. The van der Waals surface area contributed by atoms with E-state index in [1.54, 1.807) is 0 Å². The number of thioether (sulfide) groups is 1. The number of hydrogen-bond acceptors (Lipinski definition) is 6. The molecule has 5 nitrogen and oxygen atoms in total. The van der Waals surface area contributed by atoms with Crippen molar-refractivity contribution in [1.29, 1.82) is 0 Å². The Morgan fingerprint density at radius 1 is 1.10 bits per heavy atom. The van der Waals surface area contributed by atoms with Crippen LogP contribution in [0.1, 0.15) is 28.8 Å². The number of aryl methyl sites for hydroxylation is 2. The lowest BCUT2D eigenvalue weighted by Gasteiger charge is -2.10. The zero-order valence-electron chi connectivity index (χ0n) is 17.0. The molecule has 0 aliphatic rings. The number of carbonyl (C=O) groups excluding carboxylic acids is 1. The molecule has 0 saturated heterocycles. The maximum Gasteiger partial charge on any atom is 0.239 e. The Bertz CT molecular complexity index is 1180. The molecule has 30 heavy (non-hydrogen) atoms. The molecule has 0 radical (unpaired) electrons. The molecule has 4 rings (SSSR count). The second-order valence-electron chi connectivity index (χ2n) is 7.13. The summed E-state index contributed by atoms with van der Waals surface area (Å²) in [4.78, 5) is 26.9. The second kappa shape index (κ2) is 8.93. The van der Waals surface area contributed by atoms with E-state index in [1.165, 1.54) is 39.4 Å². The van der Waals surface area contributed by atoms with Gasteiger partial charge in [0.1, 0.15) is 0 Å². The molecule has 1 atom stereocenters. The Labute approximate surface area is 184 Å². The summed E-state index contributed by atoms with van der Waals surface area (Å²) in [6.45, 7) is 5.71. The highest BCUT2D eigenvalue weighted by Gasteiger charge is 2.18. The number of hydrogen-bond donors (Lipinski definition) is 1. The molecule has 0 spiro atoms. The van der Waals surface area contributed by atoms with Crippen molar-refractivity contribution in [3.05, 3.63) is 76.6 Å². The van der Waals surface area contributed by atoms with Crippen molar-refractivity contribution < 1.29 is 4.79 Å². The van der Waals surface area contributed by atoms with Crippen LogP contribution in [0.2, 0.25) is 0 Å². The third-order valence-electron chi connectivity index (χ3n) is 4.64. The van der Waals surface area contributed by atoms with Crippen LogP contribution in [0.3, 0.4) is 0 Å². The van der Waals surface area contributed by atoms with Crippen molar-refractivity contribution in [3.63, 3.8) is 0 Å². The number of rotatable bonds is 6. The predicted octanol–water partition coefficient (Wildman–Crippen LogP) is 5.41. The Kier molecular flexibility index (Phi) is 6.11. The van der Waals surface area contributed by atoms with Gasteiger partial charge in [0.25, 0.3) is 0 Å². The summed E-state index contributed by atoms with van der Waals surface area (Å²) in [7, 11) is 0. The van der Waals surface area contributed by atoms with Gasteiger partial charge < -0.3 is 5.32 Å². The largest absolute Gasteiger partial charge is 0.301 e. The van der Waals surface area contributed by atoms with E-state index in [2.05, 4.69) is 62.7 Å². The molecular formula is C23H22N4OS2. The van der Waals surface area contributed by atoms with E-state index in [-0.39, 0.29) is 11.2 Å². The van der Waals surface area contributed by atoms with E-state index in [1.807, 2.05) is 33.0 Å². The van der Waals surface area contributed by atoms with E-state index in [4.69, 9.17) is 0 Å². The highest BCUT2D eigenvalue weighted by Crippen LogP contribution is 2.27. The monoisotopic (exact) mass is 434 g/mol. The lowest BCUT2D eigenvalue weighted by Crippen LogP contribution is -2.22. The van der Waals surface area contributed by atoms with Gasteiger partial charge in [-0.05, 0) is 43.2 Å². The number of nitrogens with one attached hydrogen (secondary N) is 1. The molecule has 2 heterocycles. The number of thiazole rings is 1. The molecule has 0 fully saturated rings. The van der Waals surface area contributed by atoms with Gasteiger partial charge in [0.2, 0.25) is 5.91 Å². The topological polar surface area (TPSA) is 67.8 Å². The number of fused-ring (bicyclic) bond motifs is 1. The number of amides is 1. The van der Waals surface area contributed by atoms with Gasteiger partial charge in [0, 0.05) is 28.9 Å². The molecule has 0 aliphatic heterocycles. The molecule has 0 bridgehead atoms. The van der Waals surface area contributed by atoms with E-state index in [0.29, 0.717) is 10.3 Å². The van der Waals surface area contributed by atoms with Crippen molar-refractivity contribution in [1.82, 2.24) is 15.0 Å². The molecule has 2 aromatic carbocycles. The van der Waals surface area contributed by atoms with Crippen LogP contribution in [0.25, 0.3) is 10.8 Å². The minimum Gasteiger partial charge on any atom is -0.301 e. The minimum atomic E-state index is -0.323. The van der Waals surface area contributed by atoms with E-state index in [9.17, 15) is 4.79 Å². The van der Waals surface area contributed by atoms with Crippen molar-refractivity contribution in [2.24, 2.45) is 0 Å². The molecule has 2 aromatic heterocycles. The van der Waals surface area contributed by atoms with Crippen LogP contribution in [0, 0.1) is 13.8 Å². The normalized spacial score (nSPS) is 12.1. The summed E-state index contributed by atoms with van der Waals surface area (Å²) in [5, 5.41) is 6.31. The standard InChI is InChI=1S/C23H22N4OS2/c1-14-11-15(2)26-23(25-14)29-16(3)21(28)27-22-24-13-19(30-22)12-18-9-6-8-17-7-4-5-10-20(17)18/h4-11,13,16H,12H2,1-3H3,(H,24,27,28). The van der Waals surface area contributed by atoms with Crippen LogP contribution in [-0.4, -0.2) is 26.1 Å². The molecule has 1 N–H and O–H groups in total. The Morgan fingerprint density at radius 3 is 2.63 bits per heavy atom. The SMILES string of the molecule is Cc1cc(C)nc(SC(C)C(=O)Nc2ncc(Cc3cccc4ccccc34)s2)n1. The van der Waals surface area contributed by atoms with Crippen LogP contribution >= 0.6 is 23.1 Å². The summed E-state index contributed by atoms with van der Waals surface area (Å²) in [5.41, 5.74) is 3.05. The van der Waals surface area contributed by atoms with Crippen LogP contribution in [0.4, 0.5) is 5.13 Å². The molecule has 0 saturated carbocycles. The summed E-state index contributed by atoms with van der Waals surface area (Å²) in [6, 6.07) is 16.6. The van der Waals surface area contributed by atoms with Gasteiger partial charge in [-0.2, -0.15) is 0 Å². The van der Waals surface area contributed by atoms with Gasteiger partial charge in [-0.1, -0.05) is 54.2 Å². The highest BCUT2D eigenvalue weighted by molar-refractivity contribution is 8.00. The lowest BCUT2D eigenvalue weighted by molar-refractivity contribution is -0.115. The number of aromatic nitrogens is 3. The van der Waals surface area contributed by atoms with Crippen molar-refractivity contribution >= 4 is 44.9 Å². The van der Waals surface area contributed by atoms with E-state index >= 15 is 0 Å². The van der Waals surface area contributed by atoms with E-state index < -0.39 is 0 Å². The summed E-state index contributed by atoms with van der Waals surface area (Å²) < 4.78 is 0. The summed E-state index contributed by atoms with van der Waals surface area (Å²) >= 11 is 2.86. The quantitative estimate of drug-likeness (QED) is 0.324. The van der Waals surface area contributed by atoms with Crippen LogP contribution in [0.15, 0.2) is 59.9 Å². The number of carbonyl (C=O) groups is 1. The minimum absolute atomic E-state index is 0.103. The molecular weight excluding hydrogens is 412 g/mol. The zero-order chi connectivity index (χ0) is 21.1. The molecule has 1 amide bonds. The Morgan fingerprint density at radius 2 is 1.83 bits per heavy atom. The highest BCUT2D eigenvalue weighted by atomic mass is 32.2. The van der Waals surface area contributed by atoms with Gasteiger partial charge in [-0.15, -0.1) is 11.3 Å². The summed E-state index contributed by atoms with van der Waals surface area (Å²) in [6.07, 6.45) is 2.63. The average molecular weight is 435 g/mol. The first-order valence-corrected chi connectivity index (χ1v) is 11.4. The number of benzene rings is 2. The zero-order valence-corrected chi connectivity index (χ0v) is 18.7. The fraction of sp³-hybridized carbons (Fsp3) is 0.217. The van der Waals surface area contributed by atoms with Gasteiger partial charge in [0.15, 0.2) is 10.3 Å². The maximum absolute atomic E-state index is 12.6.